The van der Waals surface area contributed by atoms with Gasteiger partial charge in [0.1, 0.15) is 5.82 Å². The van der Waals surface area contributed by atoms with E-state index < -0.39 is 0 Å². The summed E-state index contributed by atoms with van der Waals surface area (Å²) in [4.78, 5) is 0.920. The topological polar surface area (TPSA) is 51.8 Å². The van der Waals surface area contributed by atoms with Crippen LogP contribution in [0.2, 0.25) is 0 Å². The van der Waals surface area contributed by atoms with Gasteiger partial charge in [0.25, 0.3) is 0 Å². The lowest BCUT2D eigenvalue weighted by Gasteiger charge is -2.10. The molecule has 5 heteroatoms. The van der Waals surface area contributed by atoms with Crippen molar-refractivity contribution in [2.24, 2.45) is 5.73 Å². The fourth-order valence-electron chi connectivity index (χ4n) is 1.54. The van der Waals surface area contributed by atoms with E-state index in [1.807, 2.05) is 6.92 Å². The second kappa shape index (κ2) is 4.67. The van der Waals surface area contributed by atoms with Crippen LogP contribution in [0.15, 0.2) is 24.4 Å². The van der Waals surface area contributed by atoms with Crippen LogP contribution in [-0.4, -0.2) is 9.59 Å². The molecular formula is C11H12FN3S. The summed E-state index contributed by atoms with van der Waals surface area (Å²) in [6, 6.07) is 4.59. The molecule has 0 saturated carbocycles. The fraction of sp³-hybridized carbons (Fsp3) is 0.273. The van der Waals surface area contributed by atoms with Crippen LogP contribution in [0, 0.1) is 12.7 Å². The van der Waals surface area contributed by atoms with Gasteiger partial charge in [-0.25, -0.2) is 4.39 Å². The van der Waals surface area contributed by atoms with Crippen molar-refractivity contribution in [2.45, 2.75) is 19.4 Å². The van der Waals surface area contributed by atoms with Crippen molar-refractivity contribution in [3.05, 3.63) is 46.2 Å². The van der Waals surface area contributed by atoms with Crippen LogP contribution < -0.4 is 5.73 Å². The van der Waals surface area contributed by atoms with Crippen LogP contribution >= 0.6 is 11.5 Å². The lowest BCUT2D eigenvalue weighted by molar-refractivity contribution is 0.621. The molecule has 16 heavy (non-hydrogen) atoms. The summed E-state index contributed by atoms with van der Waals surface area (Å²) in [6.45, 7) is 1.95. The predicted octanol–water partition coefficient (Wildman–Crippen LogP) is 2.23. The molecule has 3 nitrogen and oxygen atoms in total. The fourth-order valence-corrected chi connectivity index (χ4v) is 2.04. The Hall–Kier alpha value is -1.33. The molecule has 1 aromatic carbocycles. The van der Waals surface area contributed by atoms with Crippen molar-refractivity contribution in [2.75, 3.05) is 0 Å². The third-order valence-electron chi connectivity index (χ3n) is 2.49. The van der Waals surface area contributed by atoms with Crippen molar-refractivity contribution in [3.63, 3.8) is 0 Å². The highest BCUT2D eigenvalue weighted by atomic mass is 32.1. The maximum atomic E-state index is 13.1. The molecule has 1 aromatic heterocycles. The predicted molar refractivity (Wildman–Crippen MR) is 61.7 cm³/mol. The molecule has 0 aliphatic rings. The first kappa shape index (κ1) is 11.2. The first-order valence-corrected chi connectivity index (χ1v) is 5.72. The molecule has 0 radical (unpaired) electrons. The van der Waals surface area contributed by atoms with Crippen molar-refractivity contribution in [3.8, 4) is 0 Å². The monoisotopic (exact) mass is 237 g/mol. The van der Waals surface area contributed by atoms with Crippen LogP contribution in [0.4, 0.5) is 4.39 Å². The van der Waals surface area contributed by atoms with E-state index in [1.54, 1.807) is 12.3 Å². The quantitative estimate of drug-likeness (QED) is 0.890. The number of hydrogen-bond donors (Lipinski definition) is 1. The van der Waals surface area contributed by atoms with Crippen molar-refractivity contribution in [1.29, 1.82) is 0 Å². The standard InChI is InChI=1S/C11H12FN3S/c1-7-2-3-9(12)4-8(7)5-10(13)11-6-14-15-16-11/h2-4,6,10H,5,13H2,1H3. The summed E-state index contributed by atoms with van der Waals surface area (Å²) in [7, 11) is 0. The van der Waals surface area contributed by atoms with Crippen LogP contribution in [-0.2, 0) is 6.42 Å². The van der Waals surface area contributed by atoms with E-state index in [0.717, 1.165) is 16.0 Å². The summed E-state index contributed by atoms with van der Waals surface area (Å²) >= 11 is 1.28. The van der Waals surface area contributed by atoms with Gasteiger partial charge in [-0.05, 0) is 48.1 Å². The zero-order valence-electron chi connectivity index (χ0n) is 8.85. The largest absolute Gasteiger partial charge is 0.323 e. The van der Waals surface area contributed by atoms with Gasteiger partial charge >= 0.3 is 0 Å². The molecule has 1 atom stereocenters. The summed E-state index contributed by atoms with van der Waals surface area (Å²) in [5, 5.41) is 3.74. The molecule has 0 saturated heterocycles. The minimum atomic E-state index is -0.227. The van der Waals surface area contributed by atoms with E-state index in [0.29, 0.717) is 6.42 Å². The van der Waals surface area contributed by atoms with Gasteiger partial charge in [-0.3, -0.25) is 0 Å². The third kappa shape index (κ3) is 2.43. The molecular weight excluding hydrogens is 225 g/mol. The number of halogens is 1. The minimum Gasteiger partial charge on any atom is -0.323 e. The van der Waals surface area contributed by atoms with Crippen LogP contribution in [0.25, 0.3) is 0 Å². The number of aryl methyl sites for hydroxylation is 1. The van der Waals surface area contributed by atoms with E-state index in [1.165, 1.54) is 23.7 Å². The summed E-state index contributed by atoms with van der Waals surface area (Å²) in [6.07, 6.45) is 2.26. The van der Waals surface area contributed by atoms with E-state index >= 15 is 0 Å². The first-order chi connectivity index (χ1) is 7.66. The molecule has 0 aliphatic carbocycles. The number of hydrogen-bond acceptors (Lipinski definition) is 4. The summed E-state index contributed by atoms with van der Waals surface area (Å²) in [5.41, 5.74) is 7.98. The maximum absolute atomic E-state index is 13.1. The second-order valence-electron chi connectivity index (χ2n) is 3.70. The number of nitrogens with two attached hydrogens (primary N) is 1. The van der Waals surface area contributed by atoms with Gasteiger partial charge in [0, 0.05) is 6.04 Å². The Balaban J connectivity index is 2.17. The molecule has 1 unspecified atom stereocenters. The molecule has 0 spiro atoms. The van der Waals surface area contributed by atoms with Gasteiger partial charge in [0.15, 0.2) is 0 Å². The number of aromatic nitrogens is 2. The Morgan fingerprint density at radius 3 is 3.00 bits per heavy atom. The Morgan fingerprint density at radius 2 is 2.31 bits per heavy atom. The van der Waals surface area contributed by atoms with Crippen molar-refractivity contribution >= 4 is 11.5 Å². The van der Waals surface area contributed by atoms with Crippen LogP contribution in [0.1, 0.15) is 22.0 Å². The van der Waals surface area contributed by atoms with Gasteiger partial charge < -0.3 is 5.73 Å². The normalized spacial score (nSPS) is 12.7. The molecule has 84 valence electrons. The molecule has 0 fully saturated rings. The van der Waals surface area contributed by atoms with E-state index in [9.17, 15) is 4.39 Å². The first-order valence-electron chi connectivity index (χ1n) is 4.94. The molecule has 0 amide bonds. The molecule has 2 N–H and O–H groups in total. The average molecular weight is 237 g/mol. The Labute approximate surface area is 97.3 Å². The SMILES string of the molecule is Cc1ccc(F)cc1CC(N)c1cnns1. The number of rotatable bonds is 3. The maximum Gasteiger partial charge on any atom is 0.123 e. The molecule has 0 bridgehead atoms. The summed E-state index contributed by atoms with van der Waals surface area (Å²) in [5.74, 6) is -0.227. The molecule has 2 rings (SSSR count). The lowest BCUT2D eigenvalue weighted by Crippen LogP contribution is -2.12. The van der Waals surface area contributed by atoms with Crippen LogP contribution in [0.3, 0.4) is 0 Å². The smallest absolute Gasteiger partial charge is 0.123 e. The van der Waals surface area contributed by atoms with Gasteiger partial charge in [-0.15, -0.1) is 5.10 Å². The van der Waals surface area contributed by atoms with Crippen LogP contribution in [0.5, 0.6) is 0 Å². The van der Waals surface area contributed by atoms with E-state index in [2.05, 4.69) is 9.59 Å². The van der Waals surface area contributed by atoms with Gasteiger partial charge in [0.2, 0.25) is 0 Å². The minimum absolute atomic E-state index is 0.166. The zero-order chi connectivity index (χ0) is 11.5. The van der Waals surface area contributed by atoms with Gasteiger partial charge in [-0.2, -0.15) is 0 Å². The van der Waals surface area contributed by atoms with Gasteiger partial charge in [0.05, 0.1) is 11.1 Å². The highest BCUT2D eigenvalue weighted by Gasteiger charge is 2.11. The van der Waals surface area contributed by atoms with Crippen molar-refractivity contribution in [1.82, 2.24) is 9.59 Å². The molecule has 2 aromatic rings. The lowest BCUT2D eigenvalue weighted by atomic mass is 10.0. The average Bonchev–Trinajstić information content (AvgIpc) is 2.76. The highest BCUT2D eigenvalue weighted by Crippen LogP contribution is 2.20. The highest BCUT2D eigenvalue weighted by molar-refractivity contribution is 7.05. The Bertz CT molecular complexity index is 470. The van der Waals surface area contributed by atoms with Crippen molar-refractivity contribution < 1.29 is 4.39 Å². The molecule has 0 aliphatic heterocycles. The Kier molecular flexibility index (Phi) is 3.26. The van der Waals surface area contributed by atoms with E-state index in [4.69, 9.17) is 5.73 Å². The Morgan fingerprint density at radius 1 is 1.50 bits per heavy atom. The molecule has 1 heterocycles. The zero-order valence-corrected chi connectivity index (χ0v) is 9.67. The third-order valence-corrected chi connectivity index (χ3v) is 3.29. The second-order valence-corrected chi connectivity index (χ2v) is 4.52. The number of nitrogens with zero attached hydrogens (tertiary/aromatic N) is 2. The number of benzene rings is 1. The van der Waals surface area contributed by atoms with E-state index in [-0.39, 0.29) is 11.9 Å². The summed E-state index contributed by atoms with van der Waals surface area (Å²) < 4.78 is 16.8. The van der Waals surface area contributed by atoms with Gasteiger partial charge in [-0.1, -0.05) is 10.6 Å².